The molecule has 6 heteroatoms. The molecule has 0 fully saturated rings. The second kappa shape index (κ2) is 5.68. The van der Waals surface area contributed by atoms with Crippen molar-refractivity contribution in [2.24, 2.45) is 0 Å². The van der Waals surface area contributed by atoms with Crippen molar-refractivity contribution in [2.75, 3.05) is 5.73 Å². The van der Waals surface area contributed by atoms with Crippen molar-refractivity contribution >= 4 is 11.7 Å². The van der Waals surface area contributed by atoms with E-state index in [2.05, 4.69) is 40.9 Å². The van der Waals surface area contributed by atoms with Gasteiger partial charge in [-0.2, -0.15) is 5.10 Å². The van der Waals surface area contributed by atoms with Crippen LogP contribution < -0.4 is 11.1 Å². The van der Waals surface area contributed by atoms with Crippen LogP contribution >= 0.6 is 0 Å². The number of fused-ring (bicyclic) bond motifs is 1. The third kappa shape index (κ3) is 2.93. The smallest absolute Gasteiger partial charge is 0.255 e. The molecule has 0 saturated heterocycles. The first-order valence-corrected chi connectivity index (χ1v) is 7.96. The molecule has 2 heterocycles. The third-order valence-electron chi connectivity index (χ3n) is 4.21. The summed E-state index contributed by atoms with van der Waals surface area (Å²) in [5, 5.41) is 7.63. The van der Waals surface area contributed by atoms with E-state index >= 15 is 0 Å². The molecular formula is C17H23N5O. The number of carbonyl (C=O) groups excluding carboxylic acids is 1. The van der Waals surface area contributed by atoms with Gasteiger partial charge < -0.3 is 11.1 Å². The Bertz CT molecular complexity index is 729. The van der Waals surface area contributed by atoms with Crippen LogP contribution in [-0.4, -0.2) is 20.7 Å². The summed E-state index contributed by atoms with van der Waals surface area (Å²) in [6.07, 6.45) is 6.40. The normalized spacial score (nSPS) is 17.6. The predicted octanol–water partition coefficient (Wildman–Crippen LogP) is 2.42. The van der Waals surface area contributed by atoms with Gasteiger partial charge in [0.25, 0.3) is 5.91 Å². The van der Waals surface area contributed by atoms with Crippen LogP contribution in [0.25, 0.3) is 0 Å². The summed E-state index contributed by atoms with van der Waals surface area (Å²) in [5.41, 5.74) is 8.48. The van der Waals surface area contributed by atoms with E-state index in [1.54, 1.807) is 18.3 Å². The van der Waals surface area contributed by atoms with Gasteiger partial charge in [-0.3, -0.25) is 9.48 Å². The maximum Gasteiger partial charge on any atom is 0.255 e. The van der Waals surface area contributed by atoms with Gasteiger partial charge in [-0.15, -0.1) is 0 Å². The molecule has 3 rings (SSSR count). The van der Waals surface area contributed by atoms with Gasteiger partial charge in [0, 0.05) is 17.5 Å². The van der Waals surface area contributed by atoms with Crippen molar-refractivity contribution in [3.05, 3.63) is 41.3 Å². The van der Waals surface area contributed by atoms with Crippen molar-refractivity contribution in [3.8, 4) is 0 Å². The lowest BCUT2D eigenvalue weighted by molar-refractivity contribution is 0.0933. The first kappa shape index (κ1) is 15.5. The average molecular weight is 313 g/mol. The van der Waals surface area contributed by atoms with E-state index in [-0.39, 0.29) is 23.3 Å². The lowest BCUT2D eigenvalue weighted by Crippen LogP contribution is -2.33. The highest BCUT2D eigenvalue weighted by atomic mass is 16.1. The van der Waals surface area contributed by atoms with E-state index in [0.717, 1.165) is 24.8 Å². The largest absolute Gasteiger partial charge is 0.383 e. The number of hydrogen-bond donors (Lipinski definition) is 2. The number of anilines is 1. The molecule has 1 atom stereocenters. The van der Waals surface area contributed by atoms with Gasteiger partial charge in [-0.1, -0.05) is 0 Å². The van der Waals surface area contributed by atoms with Gasteiger partial charge in [-0.05, 0) is 52.2 Å². The van der Waals surface area contributed by atoms with Crippen LogP contribution in [0.1, 0.15) is 61.3 Å². The minimum absolute atomic E-state index is 0.0260. The maximum atomic E-state index is 12.5. The molecule has 0 aromatic carbocycles. The molecular weight excluding hydrogens is 290 g/mol. The van der Waals surface area contributed by atoms with Crippen LogP contribution in [0.4, 0.5) is 5.82 Å². The molecule has 2 aromatic heterocycles. The van der Waals surface area contributed by atoms with Crippen LogP contribution in [-0.2, 0) is 12.0 Å². The molecule has 2 aromatic rings. The van der Waals surface area contributed by atoms with Crippen LogP contribution in [0.15, 0.2) is 24.5 Å². The molecule has 23 heavy (non-hydrogen) atoms. The Labute approximate surface area is 136 Å². The molecule has 0 saturated carbocycles. The number of amides is 1. The highest BCUT2D eigenvalue weighted by Gasteiger charge is 2.29. The molecule has 1 aliphatic carbocycles. The van der Waals surface area contributed by atoms with Crippen LogP contribution in [0.3, 0.4) is 0 Å². The number of carbonyl (C=O) groups is 1. The fraction of sp³-hybridized carbons (Fsp3) is 0.471. The molecule has 0 unspecified atom stereocenters. The number of nitrogen functional groups attached to an aromatic ring is 1. The molecule has 6 nitrogen and oxygen atoms in total. The number of hydrogen-bond acceptors (Lipinski definition) is 4. The highest BCUT2D eigenvalue weighted by molar-refractivity contribution is 5.98. The Hall–Kier alpha value is -2.37. The lowest BCUT2D eigenvalue weighted by Gasteiger charge is -2.28. The van der Waals surface area contributed by atoms with Crippen LogP contribution in [0.2, 0.25) is 0 Å². The monoisotopic (exact) mass is 313 g/mol. The number of nitrogens with zero attached hydrogens (tertiary/aromatic N) is 3. The molecule has 122 valence electrons. The Morgan fingerprint density at radius 3 is 2.91 bits per heavy atom. The number of pyridine rings is 1. The van der Waals surface area contributed by atoms with E-state index in [0.29, 0.717) is 5.56 Å². The van der Waals surface area contributed by atoms with Gasteiger partial charge in [0.15, 0.2) is 0 Å². The number of nitrogens with two attached hydrogens (primary N) is 1. The summed E-state index contributed by atoms with van der Waals surface area (Å²) in [7, 11) is 0. The summed E-state index contributed by atoms with van der Waals surface area (Å²) in [6.45, 7) is 6.41. The van der Waals surface area contributed by atoms with Crippen molar-refractivity contribution < 1.29 is 4.79 Å². The Balaban J connectivity index is 1.86. The zero-order chi connectivity index (χ0) is 16.6. The zero-order valence-corrected chi connectivity index (χ0v) is 13.8. The summed E-state index contributed by atoms with van der Waals surface area (Å²) in [5.74, 6) is 0.0726. The zero-order valence-electron chi connectivity index (χ0n) is 13.8. The first-order valence-electron chi connectivity index (χ1n) is 7.96. The summed E-state index contributed by atoms with van der Waals surface area (Å²) < 4.78 is 2.07. The second-order valence-corrected chi connectivity index (χ2v) is 6.98. The Morgan fingerprint density at radius 2 is 2.22 bits per heavy atom. The number of rotatable bonds is 2. The fourth-order valence-electron chi connectivity index (χ4n) is 3.13. The van der Waals surface area contributed by atoms with E-state index in [1.807, 2.05) is 6.20 Å². The van der Waals surface area contributed by atoms with Gasteiger partial charge in [0.2, 0.25) is 0 Å². The minimum Gasteiger partial charge on any atom is -0.383 e. The summed E-state index contributed by atoms with van der Waals surface area (Å²) in [4.78, 5) is 16.5. The van der Waals surface area contributed by atoms with Gasteiger partial charge in [0.05, 0.1) is 23.3 Å². The average Bonchev–Trinajstić information content (AvgIpc) is 2.92. The van der Waals surface area contributed by atoms with E-state index in [9.17, 15) is 4.79 Å². The fourth-order valence-corrected chi connectivity index (χ4v) is 3.13. The van der Waals surface area contributed by atoms with E-state index in [1.165, 1.54) is 5.69 Å². The van der Waals surface area contributed by atoms with E-state index in [4.69, 9.17) is 5.73 Å². The summed E-state index contributed by atoms with van der Waals surface area (Å²) in [6, 6.07) is 3.39. The molecule has 0 bridgehead atoms. The summed E-state index contributed by atoms with van der Waals surface area (Å²) >= 11 is 0. The van der Waals surface area contributed by atoms with Crippen molar-refractivity contribution in [3.63, 3.8) is 0 Å². The quantitative estimate of drug-likeness (QED) is 0.891. The van der Waals surface area contributed by atoms with Gasteiger partial charge in [-0.25, -0.2) is 4.98 Å². The molecule has 3 N–H and O–H groups in total. The predicted molar refractivity (Wildman–Crippen MR) is 89.0 cm³/mol. The molecule has 1 amide bonds. The standard InChI is InChI=1S/C17H23N5O/c1-17(2,3)22-14-8-4-7-13(12(14)10-20-22)21-16(23)11-6-5-9-19-15(11)18/h5-6,9-10,13H,4,7-8H2,1-3H3,(H2,18,19)(H,21,23)/t13-/m1/s1. The molecule has 0 radical (unpaired) electrons. The van der Waals surface area contributed by atoms with Crippen molar-refractivity contribution in [1.29, 1.82) is 0 Å². The highest BCUT2D eigenvalue weighted by Crippen LogP contribution is 2.32. The Kier molecular flexibility index (Phi) is 3.83. The number of nitrogens with one attached hydrogen (secondary N) is 1. The molecule has 0 spiro atoms. The Morgan fingerprint density at radius 1 is 1.43 bits per heavy atom. The third-order valence-corrected chi connectivity index (χ3v) is 4.21. The number of aromatic nitrogens is 3. The van der Waals surface area contributed by atoms with Gasteiger partial charge in [0.1, 0.15) is 5.82 Å². The second-order valence-electron chi connectivity index (χ2n) is 6.98. The van der Waals surface area contributed by atoms with Crippen LogP contribution in [0.5, 0.6) is 0 Å². The lowest BCUT2D eigenvalue weighted by atomic mass is 9.92. The maximum absolute atomic E-state index is 12.5. The molecule has 0 aliphatic heterocycles. The topological polar surface area (TPSA) is 85.8 Å². The first-order chi connectivity index (χ1) is 10.9. The van der Waals surface area contributed by atoms with Crippen molar-refractivity contribution in [2.45, 2.75) is 51.6 Å². The SMILES string of the molecule is CC(C)(C)n1ncc2c1CCC[C@H]2NC(=O)c1cccnc1N. The minimum atomic E-state index is -0.183. The molecule has 1 aliphatic rings. The van der Waals surface area contributed by atoms with Gasteiger partial charge >= 0.3 is 0 Å². The van der Waals surface area contributed by atoms with Crippen molar-refractivity contribution in [1.82, 2.24) is 20.1 Å². The van der Waals surface area contributed by atoms with E-state index < -0.39 is 0 Å². The van der Waals surface area contributed by atoms with Crippen LogP contribution in [0, 0.1) is 0 Å².